The second-order valence-electron chi connectivity index (χ2n) is 5.85. The molecule has 0 amide bonds. The van der Waals surface area contributed by atoms with Gasteiger partial charge in [-0.1, -0.05) is 24.3 Å². The van der Waals surface area contributed by atoms with Gasteiger partial charge in [0.2, 0.25) is 0 Å². The maximum absolute atomic E-state index is 8.87. The SMILES string of the molecule is N#Cc1ccc(-c2ccc(N3CCC4CNC=C43)cc2)cc1. The van der Waals surface area contributed by atoms with Crippen LogP contribution in [0.3, 0.4) is 0 Å². The first-order valence-corrected chi connectivity index (χ1v) is 7.67. The number of fused-ring (bicyclic) bond motifs is 1. The van der Waals surface area contributed by atoms with Crippen LogP contribution in [0.15, 0.2) is 60.4 Å². The minimum absolute atomic E-state index is 0.679. The van der Waals surface area contributed by atoms with Crippen LogP contribution in [0.1, 0.15) is 12.0 Å². The molecule has 0 spiro atoms. The van der Waals surface area contributed by atoms with Crippen LogP contribution in [-0.2, 0) is 0 Å². The van der Waals surface area contributed by atoms with Gasteiger partial charge in [0, 0.05) is 36.6 Å². The Morgan fingerprint density at radius 2 is 1.68 bits per heavy atom. The van der Waals surface area contributed by atoms with E-state index >= 15 is 0 Å². The molecule has 2 aliphatic rings. The third kappa shape index (κ3) is 2.14. The molecule has 0 saturated carbocycles. The van der Waals surface area contributed by atoms with Gasteiger partial charge >= 0.3 is 0 Å². The van der Waals surface area contributed by atoms with Crippen LogP contribution in [0, 0.1) is 17.2 Å². The summed E-state index contributed by atoms with van der Waals surface area (Å²) in [5.74, 6) is 0.679. The summed E-state index contributed by atoms with van der Waals surface area (Å²) in [5, 5.41) is 12.2. The Morgan fingerprint density at radius 1 is 1.00 bits per heavy atom. The number of nitriles is 1. The highest BCUT2D eigenvalue weighted by atomic mass is 15.2. The van der Waals surface area contributed by atoms with Crippen LogP contribution in [0.5, 0.6) is 0 Å². The van der Waals surface area contributed by atoms with Crippen molar-refractivity contribution in [2.75, 3.05) is 18.0 Å². The minimum atomic E-state index is 0.679. The van der Waals surface area contributed by atoms with Gasteiger partial charge in [0.15, 0.2) is 0 Å². The van der Waals surface area contributed by atoms with Gasteiger partial charge in [-0.2, -0.15) is 5.26 Å². The summed E-state index contributed by atoms with van der Waals surface area (Å²) >= 11 is 0. The summed E-state index contributed by atoms with van der Waals surface area (Å²) in [6, 6.07) is 18.6. The third-order valence-corrected chi connectivity index (χ3v) is 4.57. The summed E-state index contributed by atoms with van der Waals surface area (Å²) in [6.45, 7) is 2.18. The first-order valence-electron chi connectivity index (χ1n) is 7.67. The van der Waals surface area contributed by atoms with Crippen molar-refractivity contribution in [3.05, 3.63) is 66.0 Å². The molecule has 3 heteroatoms. The van der Waals surface area contributed by atoms with Crippen LogP contribution in [0.4, 0.5) is 5.69 Å². The van der Waals surface area contributed by atoms with E-state index in [1.165, 1.54) is 23.4 Å². The molecule has 2 aliphatic heterocycles. The largest absolute Gasteiger partial charge is 0.389 e. The molecule has 4 rings (SSSR count). The first-order chi connectivity index (χ1) is 10.8. The van der Waals surface area contributed by atoms with Gasteiger partial charge < -0.3 is 10.2 Å². The Kier molecular flexibility index (Phi) is 3.08. The highest BCUT2D eigenvalue weighted by Crippen LogP contribution is 2.35. The second kappa shape index (κ2) is 5.23. The van der Waals surface area contributed by atoms with Gasteiger partial charge in [-0.05, 0) is 41.8 Å². The molecule has 2 aromatic rings. The molecule has 1 atom stereocenters. The predicted molar refractivity (Wildman–Crippen MR) is 88.1 cm³/mol. The minimum Gasteiger partial charge on any atom is -0.389 e. The van der Waals surface area contributed by atoms with E-state index in [-0.39, 0.29) is 0 Å². The molecular formula is C19H17N3. The van der Waals surface area contributed by atoms with Crippen molar-refractivity contribution in [1.29, 1.82) is 5.26 Å². The second-order valence-corrected chi connectivity index (χ2v) is 5.85. The molecule has 1 fully saturated rings. The maximum atomic E-state index is 8.87. The van der Waals surface area contributed by atoms with E-state index in [4.69, 9.17) is 5.26 Å². The predicted octanol–water partition coefficient (Wildman–Crippen LogP) is 3.50. The molecule has 1 saturated heterocycles. The standard InChI is InChI=1S/C19H17N3/c20-11-14-1-3-15(4-2-14)16-5-7-18(8-6-16)22-10-9-17-12-21-13-19(17)22/h1-8,13,17,21H,9-10,12H2. The quantitative estimate of drug-likeness (QED) is 0.919. The molecular weight excluding hydrogens is 270 g/mol. The summed E-state index contributed by atoms with van der Waals surface area (Å²) in [4.78, 5) is 2.41. The van der Waals surface area contributed by atoms with Crippen molar-refractivity contribution in [3.63, 3.8) is 0 Å². The number of hydrogen-bond donors (Lipinski definition) is 1. The fraction of sp³-hybridized carbons (Fsp3) is 0.211. The van der Waals surface area contributed by atoms with Crippen LogP contribution in [0.2, 0.25) is 0 Å². The van der Waals surface area contributed by atoms with Crippen molar-refractivity contribution in [1.82, 2.24) is 5.32 Å². The molecule has 22 heavy (non-hydrogen) atoms. The summed E-state index contributed by atoms with van der Waals surface area (Å²) in [7, 11) is 0. The van der Waals surface area contributed by atoms with E-state index in [1.54, 1.807) is 0 Å². The van der Waals surface area contributed by atoms with Gasteiger partial charge in [0.1, 0.15) is 0 Å². The van der Waals surface area contributed by atoms with E-state index < -0.39 is 0 Å². The lowest BCUT2D eigenvalue weighted by atomic mass is 10.0. The molecule has 0 radical (unpaired) electrons. The van der Waals surface area contributed by atoms with Gasteiger partial charge in [-0.15, -0.1) is 0 Å². The highest BCUT2D eigenvalue weighted by Gasteiger charge is 2.31. The van der Waals surface area contributed by atoms with Crippen LogP contribution in [-0.4, -0.2) is 13.1 Å². The monoisotopic (exact) mass is 287 g/mol. The summed E-state index contributed by atoms with van der Waals surface area (Å²) in [5.41, 5.74) is 5.71. The van der Waals surface area contributed by atoms with Crippen molar-refractivity contribution in [2.45, 2.75) is 6.42 Å². The Morgan fingerprint density at radius 3 is 2.36 bits per heavy atom. The number of rotatable bonds is 2. The topological polar surface area (TPSA) is 39.1 Å². The Hall–Kier alpha value is -2.73. The third-order valence-electron chi connectivity index (χ3n) is 4.57. The Bertz CT molecular complexity index is 751. The van der Waals surface area contributed by atoms with Crippen LogP contribution >= 0.6 is 0 Å². The van der Waals surface area contributed by atoms with E-state index in [0.717, 1.165) is 18.7 Å². The molecule has 0 bridgehead atoms. The molecule has 2 heterocycles. The zero-order valence-corrected chi connectivity index (χ0v) is 12.3. The van der Waals surface area contributed by atoms with Gasteiger partial charge in [-0.25, -0.2) is 0 Å². The van der Waals surface area contributed by atoms with Gasteiger partial charge in [0.05, 0.1) is 11.6 Å². The maximum Gasteiger partial charge on any atom is 0.0991 e. The van der Waals surface area contributed by atoms with Gasteiger partial charge in [-0.3, -0.25) is 0 Å². The van der Waals surface area contributed by atoms with E-state index in [9.17, 15) is 0 Å². The van der Waals surface area contributed by atoms with Gasteiger partial charge in [0.25, 0.3) is 0 Å². The molecule has 2 aromatic carbocycles. The zero-order valence-electron chi connectivity index (χ0n) is 12.3. The van der Waals surface area contributed by atoms with Crippen LogP contribution in [0.25, 0.3) is 11.1 Å². The number of anilines is 1. The smallest absolute Gasteiger partial charge is 0.0991 e. The van der Waals surface area contributed by atoms with E-state index in [2.05, 4.69) is 46.8 Å². The van der Waals surface area contributed by atoms with Crippen molar-refractivity contribution >= 4 is 5.69 Å². The average molecular weight is 287 g/mol. The number of benzene rings is 2. The molecule has 0 aliphatic carbocycles. The summed E-state index contributed by atoms with van der Waals surface area (Å²) < 4.78 is 0. The lowest BCUT2D eigenvalue weighted by Crippen LogP contribution is -2.16. The average Bonchev–Trinajstić information content (AvgIpc) is 3.18. The fourth-order valence-corrected chi connectivity index (χ4v) is 3.34. The Labute approximate surface area is 130 Å². The van der Waals surface area contributed by atoms with E-state index in [0.29, 0.717) is 11.5 Å². The number of nitrogens with one attached hydrogen (secondary N) is 1. The zero-order chi connectivity index (χ0) is 14.9. The van der Waals surface area contributed by atoms with E-state index in [1.807, 2.05) is 24.3 Å². The number of hydrogen-bond acceptors (Lipinski definition) is 3. The molecule has 108 valence electrons. The lowest BCUT2D eigenvalue weighted by molar-refractivity contribution is 0.647. The van der Waals surface area contributed by atoms with Crippen molar-refractivity contribution in [2.24, 2.45) is 5.92 Å². The first kappa shape index (κ1) is 13.0. The van der Waals surface area contributed by atoms with Crippen molar-refractivity contribution in [3.8, 4) is 17.2 Å². The normalized spacial score (nSPS) is 19.3. The molecule has 0 aromatic heterocycles. The summed E-state index contributed by atoms with van der Waals surface area (Å²) in [6.07, 6.45) is 3.39. The molecule has 1 unspecified atom stereocenters. The van der Waals surface area contributed by atoms with Crippen LogP contribution < -0.4 is 10.2 Å². The highest BCUT2D eigenvalue weighted by molar-refractivity contribution is 5.68. The fourth-order valence-electron chi connectivity index (χ4n) is 3.34. The molecule has 3 nitrogen and oxygen atoms in total. The lowest BCUT2D eigenvalue weighted by Gasteiger charge is -2.20. The molecule has 1 N–H and O–H groups in total. The number of nitrogens with zero attached hydrogens (tertiary/aromatic N) is 2. The Balaban J connectivity index is 1.59. The van der Waals surface area contributed by atoms with Crippen molar-refractivity contribution < 1.29 is 0 Å².